The van der Waals surface area contributed by atoms with Gasteiger partial charge in [-0.1, -0.05) is 0 Å². The Balaban J connectivity index is 2.50. The molecule has 0 saturated carbocycles. The van der Waals surface area contributed by atoms with Crippen LogP contribution in [0.5, 0.6) is 0 Å². The third kappa shape index (κ3) is 1.58. The molecule has 0 radical (unpaired) electrons. The summed E-state index contributed by atoms with van der Waals surface area (Å²) in [4.78, 5) is 11.1. The Kier molecular flexibility index (Phi) is 2.19. The number of aromatic amines is 1. The van der Waals surface area contributed by atoms with E-state index >= 15 is 0 Å². The average molecular weight is 203 g/mol. The predicted molar refractivity (Wildman–Crippen MR) is 57.4 cm³/mol. The quantitative estimate of drug-likeness (QED) is 0.759. The summed E-state index contributed by atoms with van der Waals surface area (Å²) in [5, 5.41) is 6.85. The summed E-state index contributed by atoms with van der Waals surface area (Å²) < 4.78 is 2.00. The fourth-order valence-corrected chi connectivity index (χ4v) is 1.64. The van der Waals surface area contributed by atoms with Crippen molar-refractivity contribution in [3.05, 3.63) is 35.3 Å². The van der Waals surface area contributed by atoms with Gasteiger partial charge in [0.05, 0.1) is 0 Å². The average Bonchev–Trinajstić information content (AvgIpc) is 2.73. The summed E-state index contributed by atoms with van der Waals surface area (Å²) >= 11 is 0. The molecule has 2 aromatic rings. The number of carbonyl (C=O) groups is 1. The number of Topliss-reactive ketones (excluding diaryl/α,β-unsaturated/α-hetero) is 1. The van der Waals surface area contributed by atoms with Crippen molar-refractivity contribution in [2.45, 2.75) is 20.8 Å². The highest BCUT2D eigenvalue weighted by molar-refractivity contribution is 5.92. The molecular weight excluding hydrogens is 190 g/mol. The number of carbonyl (C=O) groups excluding carboxylic acids is 1. The topological polar surface area (TPSA) is 50.7 Å². The fraction of sp³-hybridized carbons (Fsp3) is 0.273. The maximum Gasteiger partial charge on any atom is 0.177 e. The van der Waals surface area contributed by atoms with Crippen molar-refractivity contribution in [1.29, 1.82) is 0 Å². The van der Waals surface area contributed by atoms with Gasteiger partial charge in [0.1, 0.15) is 5.69 Å². The van der Waals surface area contributed by atoms with Crippen molar-refractivity contribution >= 4 is 5.78 Å². The molecule has 0 aliphatic carbocycles. The molecular formula is C11H13N3O. The van der Waals surface area contributed by atoms with Crippen molar-refractivity contribution in [2.75, 3.05) is 0 Å². The minimum atomic E-state index is -0.00351. The van der Waals surface area contributed by atoms with Crippen LogP contribution in [0.3, 0.4) is 0 Å². The van der Waals surface area contributed by atoms with E-state index in [-0.39, 0.29) is 5.78 Å². The summed E-state index contributed by atoms with van der Waals surface area (Å²) in [6.07, 6.45) is 0. The van der Waals surface area contributed by atoms with Gasteiger partial charge in [-0.25, -0.2) is 0 Å². The van der Waals surface area contributed by atoms with Crippen LogP contribution in [-0.4, -0.2) is 20.5 Å². The maximum atomic E-state index is 11.1. The monoisotopic (exact) mass is 203 g/mol. The molecule has 0 unspecified atom stereocenters. The minimum absolute atomic E-state index is 0.00351. The molecule has 0 aliphatic rings. The smallest absolute Gasteiger partial charge is 0.177 e. The van der Waals surface area contributed by atoms with Crippen molar-refractivity contribution in [2.24, 2.45) is 0 Å². The van der Waals surface area contributed by atoms with Crippen LogP contribution in [0.4, 0.5) is 0 Å². The van der Waals surface area contributed by atoms with Gasteiger partial charge in [-0.2, -0.15) is 5.10 Å². The first-order valence-electron chi connectivity index (χ1n) is 4.81. The number of hydrogen-bond acceptors (Lipinski definition) is 2. The number of nitrogens with one attached hydrogen (secondary N) is 1. The van der Waals surface area contributed by atoms with Crippen LogP contribution >= 0.6 is 0 Å². The van der Waals surface area contributed by atoms with Gasteiger partial charge in [0.25, 0.3) is 0 Å². The number of H-pyrrole nitrogens is 1. The first-order valence-corrected chi connectivity index (χ1v) is 4.81. The SMILES string of the molecule is CC(=O)c1cc(-n2c(C)ccc2C)n[nH]1. The number of ketones is 1. The van der Waals surface area contributed by atoms with Gasteiger partial charge in [0.15, 0.2) is 11.6 Å². The normalized spacial score (nSPS) is 10.6. The Morgan fingerprint density at radius 1 is 1.33 bits per heavy atom. The van der Waals surface area contributed by atoms with Crippen molar-refractivity contribution < 1.29 is 4.79 Å². The first kappa shape index (κ1) is 9.71. The molecule has 0 aliphatic heterocycles. The summed E-state index contributed by atoms with van der Waals surface area (Å²) in [7, 11) is 0. The zero-order chi connectivity index (χ0) is 11.0. The van der Waals surface area contributed by atoms with Crippen LogP contribution in [0, 0.1) is 13.8 Å². The lowest BCUT2D eigenvalue weighted by Gasteiger charge is -2.03. The largest absolute Gasteiger partial charge is 0.302 e. The molecule has 0 saturated heterocycles. The van der Waals surface area contributed by atoms with Crippen molar-refractivity contribution in [1.82, 2.24) is 14.8 Å². The van der Waals surface area contributed by atoms with E-state index < -0.39 is 0 Å². The van der Waals surface area contributed by atoms with E-state index in [1.54, 1.807) is 6.07 Å². The molecule has 0 spiro atoms. The van der Waals surface area contributed by atoms with Gasteiger partial charge >= 0.3 is 0 Å². The molecule has 0 atom stereocenters. The van der Waals surface area contributed by atoms with Crippen LogP contribution < -0.4 is 0 Å². The number of aromatic nitrogens is 3. The molecule has 2 aromatic heterocycles. The van der Waals surface area contributed by atoms with Crippen LogP contribution in [0.25, 0.3) is 5.82 Å². The van der Waals surface area contributed by atoms with Gasteiger partial charge in [0.2, 0.25) is 0 Å². The second-order valence-corrected chi connectivity index (χ2v) is 3.65. The summed E-state index contributed by atoms with van der Waals surface area (Å²) in [6.45, 7) is 5.54. The molecule has 0 bridgehead atoms. The van der Waals surface area contributed by atoms with Crippen molar-refractivity contribution in [3.63, 3.8) is 0 Å². The highest BCUT2D eigenvalue weighted by Gasteiger charge is 2.09. The maximum absolute atomic E-state index is 11.1. The Morgan fingerprint density at radius 3 is 2.40 bits per heavy atom. The highest BCUT2D eigenvalue weighted by atomic mass is 16.1. The third-order valence-corrected chi connectivity index (χ3v) is 2.44. The molecule has 4 nitrogen and oxygen atoms in total. The number of hydrogen-bond donors (Lipinski definition) is 1. The van der Waals surface area contributed by atoms with E-state index in [4.69, 9.17) is 0 Å². The van der Waals surface area contributed by atoms with Gasteiger partial charge in [-0.3, -0.25) is 9.89 Å². The zero-order valence-corrected chi connectivity index (χ0v) is 9.03. The lowest BCUT2D eigenvalue weighted by molar-refractivity contribution is 0.101. The van der Waals surface area contributed by atoms with Crippen LogP contribution in [-0.2, 0) is 0 Å². The second kappa shape index (κ2) is 3.38. The fourth-order valence-electron chi connectivity index (χ4n) is 1.64. The van der Waals surface area contributed by atoms with E-state index in [9.17, 15) is 4.79 Å². The first-order chi connectivity index (χ1) is 7.09. The number of aryl methyl sites for hydroxylation is 2. The van der Waals surface area contributed by atoms with Gasteiger partial charge in [0, 0.05) is 24.4 Å². The Labute approximate surface area is 87.9 Å². The van der Waals surface area contributed by atoms with E-state index in [1.165, 1.54) is 6.92 Å². The van der Waals surface area contributed by atoms with Crippen LogP contribution in [0.1, 0.15) is 28.8 Å². The van der Waals surface area contributed by atoms with E-state index in [0.717, 1.165) is 17.2 Å². The molecule has 0 amide bonds. The van der Waals surface area contributed by atoms with E-state index in [0.29, 0.717) is 5.69 Å². The van der Waals surface area contributed by atoms with Gasteiger partial charge < -0.3 is 4.57 Å². The summed E-state index contributed by atoms with van der Waals surface area (Å²) in [6, 6.07) is 5.82. The van der Waals surface area contributed by atoms with Gasteiger partial charge in [-0.15, -0.1) is 0 Å². The zero-order valence-electron chi connectivity index (χ0n) is 9.03. The van der Waals surface area contributed by atoms with Crippen LogP contribution in [0.2, 0.25) is 0 Å². The van der Waals surface area contributed by atoms with E-state index in [1.807, 2.05) is 30.5 Å². The standard InChI is InChI=1S/C11H13N3O/c1-7-4-5-8(2)14(7)11-6-10(9(3)15)12-13-11/h4-6H,1-3H3,(H,12,13). The minimum Gasteiger partial charge on any atom is -0.302 e. The third-order valence-electron chi connectivity index (χ3n) is 2.44. The molecule has 4 heteroatoms. The molecule has 78 valence electrons. The molecule has 2 heterocycles. The number of nitrogens with zero attached hydrogens (tertiary/aromatic N) is 2. The Bertz CT molecular complexity index is 488. The summed E-state index contributed by atoms with van der Waals surface area (Å²) in [5.74, 6) is 0.761. The summed E-state index contributed by atoms with van der Waals surface area (Å²) in [5.41, 5.74) is 2.75. The van der Waals surface area contributed by atoms with Gasteiger partial charge in [-0.05, 0) is 26.0 Å². The lowest BCUT2D eigenvalue weighted by atomic mass is 10.3. The predicted octanol–water partition coefficient (Wildman–Crippen LogP) is 2.02. The highest BCUT2D eigenvalue weighted by Crippen LogP contribution is 2.14. The Morgan fingerprint density at radius 2 is 1.93 bits per heavy atom. The molecule has 15 heavy (non-hydrogen) atoms. The number of rotatable bonds is 2. The molecule has 0 fully saturated rings. The van der Waals surface area contributed by atoms with E-state index in [2.05, 4.69) is 10.2 Å². The molecule has 0 aromatic carbocycles. The lowest BCUT2D eigenvalue weighted by Crippen LogP contribution is -1.98. The second-order valence-electron chi connectivity index (χ2n) is 3.65. The van der Waals surface area contributed by atoms with Crippen LogP contribution in [0.15, 0.2) is 18.2 Å². The van der Waals surface area contributed by atoms with Crippen molar-refractivity contribution in [3.8, 4) is 5.82 Å². The molecule has 1 N–H and O–H groups in total. The molecule has 2 rings (SSSR count). The Hall–Kier alpha value is -1.84.